The number of nitrogens with zero attached hydrogens (tertiary/aromatic N) is 2. The van der Waals surface area contributed by atoms with Crippen LogP contribution < -0.4 is 4.90 Å². The molecule has 0 saturated carbocycles. The SMILES string of the molecule is C[C@H](O)c1cccc(F)c1N(C)CC1CCN(C)CC1. The van der Waals surface area contributed by atoms with Crippen LogP contribution in [0.2, 0.25) is 0 Å². The van der Waals surface area contributed by atoms with Gasteiger partial charge in [-0.2, -0.15) is 0 Å². The van der Waals surface area contributed by atoms with Crippen LogP contribution in [0.5, 0.6) is 0 Å². The van der Waals surface area contributed by atoms with Crippen molar-refractivity contribution < 1.29 is 9.50 Å². The topological polar surface area (TPSA) is 26.7 Å². The summed E-state index contributed by atoms with van der Waals surface area (Å²) in [5.74, 6) is 0.344. The highest BCUT2D eigenvalue weighted by atomic mass is 19.1. The van der Waals surface area contributed by atoms with Crippen LogP contribution in [-0.4, -0.2) is 43.7 Å². The minimum absolute atomic E-state index is 0.251. The van der Waals surface area contributed by atoms with E-state index in [1.165, 1.54) is 6.07 Å². The lowest BCUT2D eigenvalue weighted by Crippen LogP contribution is -2.36. The van der Waals surface area contributed by atoms with E-state index in [9.17, 15) is 9.50 Å². The fourth-order valence-corrected chi connectivity index (χ4v) is 3.00. The molecule has 1 aromatic rings. The Labute approximate surface area is 121 Å². The summed E-state index contributed by atoms with van der Waals surface area (Å²) in [6.45, 7) is 4.74. The maximum atomic E-state index is 14.1. The largest absolute Gasteiger partial charge is 0.389 e. The zero-order chi connectivity index (χ0) is 14.7. The zero-order valence-corrected chi connectivity index (χ0v) is 12.6. The van der Waals surface area contributed by atoms with Crippen LogP contribution >= 0.6 is 0 Å². The molecule has 112 valence electrons. The molecule has 1 saturated heterocycles. The Bertz CT molecular complexity index is 442. The van der Waals surface area contributed by atoms with Gasteiger partial charge in [-0.15, -0.1) is 0 Å². The van der Waals surface area contributed by atoms with E-state index in [2.05, 4.69) is 11.9 Å². The van der Waals surface area contributed by atoms with Crippen LogP contribution in [0.25, 0.3) is 0 Å². The Hall–Kier alpha value is -1.13. The van der Waals surface area contributed by atoms with E-state index in [0.717, 1.165) is 32.5 Å². The fraction of sp³-hybridized carbons (Fsp3) is 0.625. The molecule has 0 aliphatic carbocycles. The van der Waals surface area contributed by atoms with Crippen LogP contribution in [0, 0.1) is 11.7 Å². The molecule has 0 spiro atoms. The number of hydrogen-bond acceptors (Lipinski definition) is 3. The summed E-state index contributed by atoms with van der Waals surface area (Å²) in [6.07, 6.45) is 1.65. The summed E-state index contributed by atoms with van der Waals surface area (Å²) in [4.78, 5) is 4.30. The fourth-order valence-electron chi connectivity index (χ4n) is 3.00. The lowest BCUT2D eigenvalue weighted by atomic mass is 9.96. The Morgan fingerprint density at radius 2 is 2.05 bits per heavy atom. The highest BCUT2D eigenvalue weighted by Gasteiger charge is 2.21. The molecular formula is C16H25FN2O. The van der Waals surface area contributed by atoms with Crippen molar-refractivity contribution in [2.45, 2.75) is 25.9 Å². The summed E-state index contributed by atoms with van der Waals surface area (Å²) in [7, 11) is 4.06. The zero-order valence-electron chi connectivity index (χ0n) is 12.6. The highest BCUT2D eigenvalue weighted by molar-refractivity contribution is 5.55. The number of piperidine rings is 1. The van der Waals surface area contributed by atoms with Gasteiger partial charge in [0, 0.05) is 19.2 Å². The minimum atomic E-state index is -0.652. The third-order valence-electron chi connectivity index (χ3n) is 4.22. The molecule has 2 rings (SSSR count). The van der Waals surface area contributed by atoms with Crippen LogP contribution in [0.15, 0.2) is 18.2 Å². The molecular weight excluding hydrogens is 255 g/mol. The Morgan fingerprint density at radius 1 is 1.40 bits per heavy atom. The first-order valence-corrected chi connectivity index (χ1v) is 7.35. The Balaban J connectivity index is 2.11. The molecule has 0 amide bonds. The van der Waals surface area contributed by atoms with Gasteiger partial charge in [-0.3, -0.25) is 0 Å². The number of likely N-dealkylation sites (tertiary alicyclic amines) is 1. The molecule has 0 unspecified atom stereocenters. The van der Waals surface area contributed by atoms with Gasteiger partial charge in [-0.05, 0) is 51.9 Å². The molecule has 3 nitrogen and oxygen atoms in total. The predicted octanol–water partition coefficient (Wildman–Crippen LogP) is 2.66. The van der Waals surface area contributed by atoms with Gasteiger partial charge in [0.15, 0.2) is 0 Å². The van der Waals surface area contributed by atoms with Gasteiger partial charge in [0.2, 0.25) is 0 Å². The Morgan fingerprint density at radius 3 is 2.65 bits per heavy atom. The third kappa shape index (κ3) is 3.49. The molecule has 1 aliphatic rings. The number of benzene rings is 1. The van der Waals surface area contributed by atoms with E-state index in [1.807, 2.05) is 11.9 Å². The normalized spacial score (nSPS) is 19.1. The molecule has 1 fully saturated rings. The van der Waals surface area contributed by atoms with E-state index >= 15 is 0 Å². The first-order valence-electron chi connectivity index (χ1n) is 7.35. The summed E-state index contributed by atoms with van der Waals surface area (Å²) >= 11 is 0. The van der Waals surface area contributed by atoms with Gasteiger partial charge in [-0.25, -0.2) is 4.39 Å². The molecule has 4 heteroatoms. The van der Waals surface area contributed by atoms with Crippen LogP contribution in [-0.2, 0) is 0 Å². The van der Waals surface area contributed by atoms with Crippen molar-refractivity contribution in [3.05, 3.63) is 29.6 Å². The number of rotatable bonds is 4. The lowest BCUT2D eigenvalue weighted by molar-refractivity contribution is 0.198. The van der Waals surface area contributed by atoms with Gasteiger partial charge >= 0.3 is 0 Å². The van der Waals surface area contributed by atoms with E-state index in [0.29, 0.717) is 17.2 Å². The van der Waals surface area contributed by atoms with Crippen molar-refractivity contribution >= 4 is 5.69 Å². The van der Waals surface area contributed by atoms with E-state index in [4.69, 9.17) is 0 Å². The molecule has 0 bridgehead atoms. The molecule has 1 aromatic carbocycles. The van der Waals surface area contributed by atoms with Crippen molar-refractivity contribution in [2.75, 3.05) is 38.6 Å². The highest BCUT2D eigenvalue weighted by Crippen LogP contribution is 2.30. The lowest BCUT2D eigenvalue weighted by Gasteiger charge is -2.33. The summed E-state index contributed by atoms with van der Waals surface area (Å²) in [5, 5.41) is 9.82. The second-order valence-electron chi connectivity index (χ2n) is 5.98. The number of aliphatic hydroxyl groups is 1. The van der Waals surface area contributed by atoms with E-state index in [-0.39, 0.29) is 5.82 Å². The molecule has 1 aliphatic heterocycles. The van der Waals surface area contributed by atoms with Crippen molar-refractivity contribution in [1.29, 1.82) is 0 Å². The van der Waals surface area contributed by atoms with Crippen molar-refractivity contribution in [3.63, 3.8) is 0 Å². The van der Waals surface area contributed by atoms with E-state index in [1.54, 1.807) is 19.1 Å². The number of anilines is 1. The second-order valence-corrected chi connectivity index (χ2v) is 5.98. The average Bonchev–Trinajstić information content (AvgIpc) is 2.40. The first-order chi connectivity index (χ1) is 9.49. The van der Waals surface area contributed by atoms with Crippen molar-refractivity contribution in [1.82, 2.24) is 4.90 Å². The number of halogens is 1. The van der Waals surface area contributed by atoms with E-state index < -0.39 is 6.10 Å². The van der Waals surface area contributed by atoms with Crippen LogP contribution in [0.1, 0.15) is 31.4 Å². The van der Waals surface area contributed by atoms with Gasteiger partial charge < -0.3 is 14.9 Å². The van der Waals surface area contributed by atoms with Gasteiger partial charge in [0.25, 0.3) is 0 Å². The quantitative estimate of drug-likeness (QED) is 0.918. The molecule has 1 atom stereocenters. The standard InChI is InChI=1S/C16H25FN2O/c1-12(20)14-5-4-6-15(17)16(14)19(3)11-13-7-9-18(2)10-8-13/h4-6,12-13,20H,7-11H2,1-3H3/t12-/m0/s1. The van der Waals surface area contributed by atoms with Crippen molar-refractivity contribution in [3.8, 4) is 0 Å². The molecule has 20 heavy (non-hydrogen) atoms. The van der Waals surface area contributed by atoms with Crippen LogP contribution in [0.3, 0.4) is 0 Å². The number of aliphatic hydroxyl groups excluding tert-OH is 1. The monoisotopic (exact) mass is 280 g/mol. The molecule has 1 heterocycles. The molecule has 0 aromatic heterocycles. The summed E-state index contributed by atoms with van der Waals surface area (Å²) in [6, 6.07) is 4.92. The maximum absolute atomic E-state index is 14.1. The van der Waals surface area contributed by atoms with Gasteiger partial charge in [-0.1, -0.05) is 12.1 Å². The second kappa shape index (κ2) is 6.55. The number of para-hydroxylation sites is 1. The average molecular weight is 280 g/mol. The maximum Gasteiger partial charge on any atom is 0.146 e. The summed E-state index contributed by atoms with van der Waals surface area (Å²) < 4.78 is 14.1. The first kappa shape index (κ1) is 15.3. The van der Waals surface area contributed by atoms with Crippen molar-refractivity contribution in [2.24, 2.45) is 5.92 Å². The number of hydrogen-bond donors (Lipinski definition) is 1. The molecule has 0 radical (unpaired) electrons. The van der Waals surface area contributed by atoms with Gasteiger partial charge in [0.05, 0.1) is 11.8 Å². The smallest absolute Gasteiger partial charge is 0.146 e. The van der Waals surface area contributed by atoms with Crippen LogP contribution in [0.4, 0.5) is 10.1 Å². The Kier molecular flexibility index (Phi) is 5.00. The predicted molar refractivity (Wildman–Crippen MR) is 80.5 cm³/mol. The summed E-state index contributed by atoms with van der Waals surface area (Å²) in [5.41, 5.74) is 1.21. The molecule has 1 N–H and O–H groups in total. The van der Waals surface area contributed by atoms with Gasteiger partial charge in [0.1, 0.15) is 5.82 Å². The third-order valence-corrected chi connectivity index (χ3v) is 4.22. The minimum Gasteiger partial charge on any atom is -0.389 e.